The average molecular weight is 360 g/mol. The lowest BCUT2D eigenvalue weighted by atomic mass is 9.89. The zero-order chi connectivity index (χ0) is 18.0. The normalized spacial score (nSPS) is 18.0. The van der Waals surface area contributed by atoms with Crippen molar-refractivity contribution in [1.29, 1.82) is 0 Å². The molecule has 0 radical (unpaired) electrons. The van der Waals surface area contributed by atoms with Crippen molar-refractivity contribution in [3.8, 4) is 11.5 Å². The minimum atomic E-state index is -0.364. The summed E-state index contributed by atoms with van der Waals surface area (Å²) in [4.78, 5) is 12.5. The van der Waals surface area contributed by atoms with Gasteiger partial charge in [0.2, 0.25) is 5.91 Å². The lowest BCUT2D eigenvalue weighted by Gasteiger charge is -2.38. The number of carbonyl (C=O) groups excluding carboxylic acids is 1. The minimum absolute atomic E-state index is 0.0215. The molecule has 1 heterocycles. The van der Waals surface area contributed by atoms with Crippen LogP contribution in [0.5, 0.6) is 11.5 Å². The topological polar surface area (TPSA) is 47.6 Å². The second kappa shape index (κ2) is 6.96. The number of ether oxygens (including phenoxy) is 2. The van der Waals surface area contributed by atoms with E-state index in [2.05, 4.69) is 5.32 Å². The van der Waals surface area contributed by atoms with Crippen LogP contribution in [0.15, 0.2) is 42.5 Å². The highest BCUT2D eigenvalue weighted by atomic mass is 35.5. The maximum atomic E-state index is 12.5. The van der Waals surface area contributed by atoms with Crippen molar-refractivity contribution in [2.75, 3.05) is 7.11 Å². The Morgan fingerprint density at radius 3 is 2.68 bits per heavy atom. The molecule has 3 rings (SSSR count). The van der Waals surface area contributed by atoms with Crippen LogP contribution in [0.25, 0.3) is 0 Å². The Morgan fingerprint density at radius 1 is 1.28 bits per heavy atom. The Balaban J connectivity index is 1.77. The number of nitrogens with one attached hydrogen (secondary N) is 1. The van der Waals surface area contributed by atoms with Gasteiger partial charge in [0, 0.05) is 23.1 Å². The highest BCUT2D eigenvalue weighted by Gasteiger charge is 2.34. The summed E-state index contributed by atoms with van der Waals surface area (Å²) in [7, 11) is 1.63. The fraction of sp³-hybridized carbons (Fsp3) is 0.350. The summed E-state index contributed by atoms with van der Waals surface area (Å²) in [5, 5.41) is 3.80. The summed E-state index contributed by atoms with van der Waals surface area (Å²) in [6, 6.07) is 12.9. The van der Waals surface area contributed by atoms with Gasteiger partial charge in [0.1, 0.15) is 17.1 Å². The second-order valence-corrected chi connectivity index (χ2v) is 7.33. The molecule has 2 aromatic carbocycles. The Morgan fingerprint density at radius 2 is 2.00 bits per heavy atom. The number of amides is 1. The van der Waals surface area contributed by atoms with E-state index in [0.29, 0.717) is 17.9 Å². The van der Waals surface area contributed by atoms with Crippen molar-refractivity contribution >= 4 is 17.5 Å². The molecule has 1 aliphatic rings. The van der Waals surface area contributed by atoms with Crippen LogP contribution in [-0.2, 0) is 11.2 Å². The van der Waals surface area contributed by atoms with Crippen LogP contribution in [-0.4, -0.2) is 18.6 Å². The van der Waals surface area contributed by atoms with Crippen LogP contribution >= 0.6 is 11.6 Å². The number of benzene rings is 2. The first-order valence-corrected chi connectivity index (χ1v) is 8.65. The molecule has 0 aliphatic carbocycles. The Hall–Kier alpha value is -2.20. The molecule has 0 aromatic heterocycles. The van der Waals surface area contributed by atoms with Crippen LogP contribution in [0.3, 0.4) is 0 Å². The van der Waals surface area contributed by atoms with E-state index in [0.717, 1.165) is 22.6 Å². The van der Waals surface area contributed by atoms with Gasteiger partial charge in [-0.2, -0.15) is 0 Å². The SMILES string of the molecule is COc1ccc2c(c1)OC(C)(C)C[C@H]2NC(=O)Cc1ccc(Cl)cc1. The van der Waals surface area contributed by atoms with Gasteiger partial charge in [-0.15, -0.1) is 0 Å². The van der Waals surface area contributed by atoms with Crippen LogP contribution in [0.1, 0.15) is 37.4 Å². The van der Waals surface area contributed by atoms with Gasteiger partial charge in [0.15, 0.2) is 0 Å². The van der Waals surface area contributed by atoms with Gasteiger partial charge in [0.05, 0.1) is 19.6 Å². The summed E-state index contributed by atoms with van der Waals surface area (Å²) in [6.45, 7) is 4.04. The third-order valence-corrected chi connectivity index (χ3v) is 4.54. The molecular weight excluding hydrogens is 338 g/mol. The maximum Gasteiger partial charge on any atom is 0.224 e. The molecule has 0 spiro atoms. The molecule has 132 valence electrons. The summed E-state index contributed by atoms with van der Waals surface area (Å²) in [5.74, 6) is 1.47. The van der Waals surface area contributed by atoms with Crippen molar-refractivity contribution in [1.82, 2.24) is 5.32 Å². The van der Waals surface area contributed by atoms with E-state index in [-0.39, 0.29) is 17.6 Å². The summed E-state index contributed by atoms with van der Waals surface area (Å²) >= 11 is 5.89. The Bertz CT molecular complexity index is 771. The quantitative estimate of drug-likeness (QED) is 0.884. The molecule has 5 heteroatoms. The van der Waals surface area contributed by atoms with Crippen molar-refractivity contribution in [3.63, 3.8) is 0 Å². The number of carbonyl (C=O) groups is 1. The molecule has 25 heavy (non-hydrogen) atoms. The number of halogens is 1. The largest absolute Gasteiger partial charge is 0.497 e. The lowest BCUT2D eigenvalue weighted by Crippen LogP contribution is -2.41. The third kappa shape index (κ3) is 4.26. The van der Waals surface area contributed by atoms with E-state index in [4.69, 9.17) is 21.1 Å². The van der Waals surface area contributed by atoms with Gasteiger partial charge in [-0.05, 0) is 43.7 Å². The molecule has 0 bridgehead atoms. The summed E-state index contributed by atoms with van der Waals surface area (Å²) < 4.78 is 11.3. The van der Waals surface area contributed by atoms with Crippen LogP contribution < -0.4 is 14.8 Å². The van der Waals surface area contributed by atoms with Crippen LogP contribution in [0, 0.1) is 0 Å². The van der Waals surface area contributed by atoms with E-state index in [1.54, 1.807) is 19.2 Å². The molecule has 0 saturated heterocycles. The maximum absolute atomic E-state index is 12.5. The standard InChI is InChI=1S/C20H22ClNO3/c1-20(2)12-17(16-9-8-15(24-3)11-18(16)25-20)22-19(23)10-13-4-6-14(21)7-5-13/h4-9,11,17H,10,12H2,1-3H3,(H,22,23)/t17-/m1/s1. The first-order chi connectivity index (χ1) is 11.9. The Kier molecular flexibility index (Phi) is 4.91. The number of hydrogen-bond donors (Lipinski definition) is 1. The van der Waals surface area contributed by atoms with Gasteiger partial charge in [-0.25, -0.2) is 0 Å². The molecule has 1 aliphatic heterocycles. The van der Waals surface area contributed by atoms with Gasteiger partial charge in [-0.1, -0.05) is 23.7 Å². The van der Waals surface area contributed by atoms with Crippen molar-refractivity contribution in [3.05, 3.63) is 58.6 Å². The predicted molar refractivity (Wildman–Crippen MR) is 98.4 cm³/mol. The van der Waals surface area contributed by atoms with Gasteiger partial charge < -0.3 is 14.8 Å². The number of fused-ring (bicyclic) bond motifs is 1. The zero-order valence-electron chi connectivity index (χ0n) is 14.6. The van der Waals surface area contributed by atoms with Gasteiger partial charge in [-0.3, -0.25) is 4.79 Å². The van der Waals surface area contributed by atoms with E-state index >= 15 is 0 Å². The predicted octanol–water partition coefficient (Wildman–Crippen LogP) is 4.31. The first-order valence-electron chi connectivity index (χ1n) is 8.27. The summed E-state index contributed by atoms with van der Waals surface area (Å²) in [5.41, 5.74) is 1.55. The van der Waals surface area contributed by atoms with E-state index in [1.807, 2.05) is 44.2 Å². The molecule has 0 fully saturated rings. The second-order valence-electron chi connectivity index (χ2n) is 6.89. The van der Waals surface area contributed by atoms with Gasteiger partial charge in [0.25, 0.3) is 0 Å². The molecule has 2 aromatic rings. The first kappa shape index (κ1) is 17.6. The fourth-order valence-electron chi connectivity index (χ4n) is 3.12. The van der Waals surface area contributed by atoms with Gasteiger partial charge >= 0.3 is 0 Å². The Labute approximate surface area is 153 Å². The molecule has 0 saturated carbocycles. The van der Waals surface area contributed by atoms with Crippen LogP contribution in [0.4, 0.5) is 0 Å². The highest BCUT2D eigenvalue weighted by molar-refractivity contribution is 6.30. The minimum Gasteiger partial charge on any atom is -0.497 e. The smallest absolute Gasteiger partial charge is 0.224 e. The zero-order valence-corrected chi connectivity index (χ0v) is 15.4. The average Bonchev–Trinajstić information content (AvgIpc) is 2.55. The third-order valence-electron chi connectivity index (χ3n) is 4.29. The highest BCUT2D eigenvalue weighted by Crippen LogP contribution is 2.41. The number of rotatable bonds is 4. The molecule has 1 atom stereocenters. The number of methoxy groups -OCH3 is 1. The molecule has 1 N–H and O–H groups in total. The molecule has 0 unspecified atom stereocenters. The van der Waals surface area contributed by atoms with E-state index in [9.17, 15) is 4.79 Å². The van der Waals surface area contributed by atoms with E-state index in [1.165, 1.54) is 0 Å². The lowest BCUT2D eigenvalue weighted by molar-refractivity contribution is -0.121. The fourth-order valence-corrected chi connectivity index (χ4v) is 3.25. The molecule has 1 amide bonds. The molecular formula is C20H22ClNO3. The van der Waals surface area contributed by atoms with E-state index < -0.39 is 0 Å². The number of hydrogen-bond acceptors (Lipinski definition) is 3. The van der Waals surface area contributed by atoms with Crippen molar-refractivity contribution in [2.45, 2.75) is 38.3 Å². The molecule has 4 nitrogen and oxygen atoms in total. The monoisotopic (exact) mass is 359 g/mol. The van der Waals surface area contributed by atoms with Crippen molar-refractivity contribution < 1.29 is 14.3 Å². The van der Waals surface area contributed by atoms with Crippen LogP contribution in [0.2, 0.25) is 5.02 Å². The summed E-state index contributed by atoms with van der Waals surface area (Å²) in [6.07, 6.45) is 1.03. The van der Waals surface area contributed by atoms with Crippen molar-refractivity contribution in [2.24, 2.45) is 0 Å².